The molecule has 1 aromatic carbocycles. The highest BCUT2D eigenvalue weighted by molar-refractivity contribution is 8.00. The Balaban J connectivity index is 1.76. The van der Waals surface area contributed by atoms with Gasteiger partial charge >= 0.3 is 0 Å². The second-order valence-electron chi connectivity index (χ2n) is 5.80. The fraction of sp³-hybridized carbons (Fsp3) is 0.375. The normalized spacial score (nSPS) is 14.3. The zero-order valence-electron chi connectivity index (χ0n) is 13.4. The first kappa shape index (κ1) is 17.0. The first-order chi connectivity index (χ1) is 12.2. The lowest BCUT2D eigenvalue weighted by molar-refractivity contribution is 0.183. The fourth-order valence-electron chi connectivity index (χ4n) is 2.48. The summed E-state index contributed by atoms with van der Waals surface area (Å²) in [5.41, 5.74) is 0.480. The number of fused-ring (bicyclic) bond motifs is 1. The van der Waals surface area contributed by atoms with Crippen molar-refractivity contribution in [3.8, 4) is 0 Å². The van der Waals surface area contributed by atoms with Crippen LogP contribution < -0.4 is 5.56 Å². The highest BCUT2D eigenvalue weighted by Crippen LogP contribution is 2.40. The van der Waals surface area contributed by atoms with Crippen LogP contribution >= 0.6 is 34.9 Å². The predicted octanol–water partition coefficient (Wildman–Crippen LogP) is 3.58. The Bertz CT molecular complexity index is 984. The van der Waals surface area contributed by atoms with Gasteiger partial charge in [-0.1, -0.05) is 11.6 Å². The van der Waals surface area contributed by atoms with Crippen LogP contribution in [0.3, 0.4) is 0 Å². The molecule has 4 rings (SSSR count). The summed E-state index contributed by atoms with van der Waals surface area (Å²) in [6, 6.07) is 5.12. The Hall–Kier alpha value is -1.48. The van der Waals surface area contributed by atoms with Crippen LogP contribution in [0, 0.1) is 0 Å². The SMILES string of the molecule is COCCn1c(Sc2nc(C3CC3)ns2)nc2cc(Cl)ccc2c1=O. The van der Waals surface area contributed by atoms with Crippen LogP contribution in [0.5, 0.6) is 0 Å². The summed E-state index contributed by atoms with van der Waals surface area (Å²) >= 11 is 8.77. The molecule has 25 heavy (non-hydrogen) atoms. The number of ether oxygens (including phenoxy) is 1. The topological polar surface area (TPSA) is 69.9 Å². The van der Waals surface area contributed by atoms with E-state index in [9.17, 15) is 4.79 Å². The first-order valence-corrected chi connectivity index (χ1v) is 9.83. The number of aromatic nitrogens is 4. The van der Waals surface area contributed by atoms with Gasteiger partial charge in [-0.15, -0.1) is 0 Å². The molecule has 0 radical (unpaired) electrons. The minimum absolute atomic E-state index is 0.104. The molecule has 2 heterocycles. The van der Waals surface area contributed by atoms with Crippen molar-refractivity contribution >= 4 is 45.8 Å². The summed E-state index contributed by atoms with van der Waals surface area (Å²) in [5.74, 6) is 1.41. The van der Waals surface area contributed by atoms with Gasteiger partial charge in [-0.2, -0.15) is 4.37 Å². The van der Waals surface area contributed by atoms with E-state index in [0.29, 0.717) is 40.2 Å². The molecule has 0 atom stereocenters. The van der Waals surface area contributed by atoms with E-state index in [1.165, 1.54) is 23.3 Å². The molecule has 0 saturated heterocycles. The third-order valence-corrected chi connectivity index (χ3v) is 5.94. The lowest BCUT2D eigenvalue weighted by Gasteiger charge is -2.11. The molecular formula is C16H15ClN4O2S2. The van der Waals surface area contributed by atoms with Crippen molar-refractivity contribution in [2.45, 2.75) is 34.8 Å². The number of methoxy groups -OCH3 is 1. The van der Waals surface area contributed by atoms with Gasteiger partial charge in [0, 0.05) is 18.1 Å². The molecule has 0 spiro atoms. The van der Waals surface area contributed by atoms with E-state index in [4.69, 9.17) is 16.3 Å². The van der Waals surface area contributed by atoms with Gasteiger partial charge in [0.1, 0.15) is 5.82 Å². The van der Waals surface area contributed by atoms with Crippen molar-refractivity contribution in [3.63, 3.8) is 0 Å². The largest absolute Gasteiger partial charge is 0.383 e. The maximum absolute atomic E-state index is 12.9. The molecule has 1 aliphatic rings. The van der Waals surface area contributed by atoms with Crippen molar-refractivity contribution in [2.24, 2.45) is 0 Å². The quantitative estimate of drug-likeness (QED) is 0.595. The monoisotopic (exact) mass is 394 g/mol. The lowest BCUT2D eigenvalue weighted by atomic mass is 10.2. The zero-order valence-corrected chi connectivity index (χ0v) is 15.8. The van der Waals surface area contributed by atoms with Crippen LogP contribution in [-0.4, -0.2) is 32.6 Å². The van der Waals surface area contributed by atoms with Crippen molar-refractivity contribution in [2.75, 3.05) is 13.7 Å². The van der Waals surface area contributed by atoms with Gasteiger partial charge in [-0.05, 0) is 54.3 Å². The molecule has 0 N–H and O–H groups in total. The number of rotatable bonds is 6. The van der Waals surface area contributed by atoms with Crippen molar-refractivity contribution in [3.05, 3.63) is 39.4 Å². The van der Waals surface area contributed by atoms with Crippen LogP contribution in [0.25, 0.3) is 10.9 Å². The molecular weight excluding hydrogens is 380 g/mol. The standard InChI is InChI=1S/C16H15ClN4O2S2/c1-23-7-6-21-14(22)11-5-4-10(17)8-12(11)18-15(21)24-16-19-13(20-25-16)9-2-3-9/h4-5,8-9H,2-3,6-7H2,1H3. The van der Waals surface area contributed by atoms with Crippen molar-refractivity contribution in [1.29, 1.82) is 0 Å². The molecule has 3 aromatic rings. The molecule has 6 nitrogen and oxygen atoms in total. The van der Waals surface area contributed by atoms with Gasteiger partial charge in [0.2, 0.25) is 0 Å². The van der Waals surface area contributed by atoms with Gasteiger partial charge in [0.05, 0.1) is 24.1 Å². The highest BCUT2D eigenvalue weighted by Gasteiger charge is 2.28. The summed E-state index contributed by atoms with van der Waals surface area (Å²) < 4.78 is 12.0. The van der Waals surface area contributed by atoms with Gasteiger partial charge in [-0.3, -0.25) is 9.36 Å². The summed E-state index contributed by atoms with van der Waals surface area (Å²) in [6.45, 7) is 0.856. The number of benzene rings is 1. The molecule has 0 amide bonds. The van der Waals surface area contributed by atoms with E-state index in [1.807, 2.05) is 0 Å². The summed E-state index contributed by atoms with van der Waals surface area (Å²) in [6.07, 6.45) is 2.32. The number of nitrogens with zero attached hydrogens (tertiary/aromatic N) is 4. The average Bonchev–Trinajstić information content (AvgIpc) is 3.34. The number of halogens is 1. The van der Waals surface area contributed by atoms with Gasteiger partial charge in [0.25, 0.3) is 5.56 Å². The Morgan fingerprint density at radius 1 is 1.40 bits per heavy atom. The zero-order chi connectivity index (χ0) is 17.4. The third-order valence-electron chi connectivity index (χ3n) is 3.95. The Labute approximate surface area is 157 Å². The maximum atomic E-state index is 12.9. The van der Waals surface area contributed by atoms with Gasteiger partial charge < -0.3 is 4.74 Å². The number of hydrogen-bond acceptors (Lipinski definition) is 7. The molecule has 1 fully saturated rings. The Kier molecular flexibility index (Phi) is 4.77. The Morgan fingerprint density at radius 3 is 3.00 bits per heavy atom. The van der Waals surface area contributed by atoms with E-state index >= 15 is 0 Å². The molecule has 130 valence electrons. The van der Waals surface area contributed by atoms with Crippen LogP contribution in [0.15, 0.2) is 32.5 Å². The lowest BCUT2D eigenvalue weighted by Crippen LogP contribution is -2.25. The van der Waals surface area contributed by atoms with Gasteiger partial charge in [0.15, 0.2) is 9.50 Å². The molecule has 1 aliphatic carbocycles. The van der Waals surface area contributed by atoms with Crippen LogP contribution in [0.2, 0.25) is 5.02 Å². The Morgan fingerprint density at radius 2 is 2.24 bits per heavy atom. The van der Waals surface area contributed by atoms with Crippen molar-refractivity contribution < 1.29 is 4.74 Å². The summed E-state index contributed by atoms with van der Waals surface area (Å²) in [4.78, 5) is 22.1. The van der Waals surface area contributed by atoms with Crippen molar-refractivity contribution in [1.82, 2.24) is 18.9 Å². The maximum Gasteiger partial charge on any atom is 0.262 e. The third kappa shape index (κ3) is 3.57. The van der Waals surface area contributed by atoms with Crippen LogP contribution in [0.4, 0.5) is 0 Å². The molecule has 0 unspecified atom stereocenters. The molecule has 2 aromatic heterocycles. The second kappa shape index (κ2) is 7.03. The predicted molar refractivity (Wildman–Crippen MR) is 98.9 cm³/mol. The summed E-state index contributed by atoms with van der Waals surface area (Å²) in [5, 5.41) is 1.67. The molecule has 9 heteroatoms. The van der Waals surface area contributed by atoms with E-state index in [2.05, 4.69) is 14.3 Å². The summed E-state index contributed by atoms with van der Waals surface area (Å²) in [7, 11) is 1.61. The molecule has 0 bridgehead atoms. The van der Waals surface area contributed by atoms with E-state index in [1.54, 1.807) is 29.9 Å². The smallest absolute Gasteiger partial charge is 0.262 e. The van der Waals surface area contributed by atoms with Crippen LogP contribution in [0.1, 0.15) is 24.6 Å². The minimum Gasteiger partial charge on any atom is -0.383 e. The molecule has 1 saturated carbocycles. The molecule has 0 aliphatic heterocycles. The number of hydrogen-bond donors (Lipinski definition) is 0. The minimum atomic E-state index is -0.104. The highest BCUT2D eigenvalue weighted by atomic mass is 35.5. The first-order valence-electron chi connectivity index (χ1n) is 7.86. The average molecular weight is 395 g/mol. The van der Waals surface area contributed by atoms with E-state index < -0.39 is 0 Å². The van der Waals surface area contributed by atoms with E-state index in [0.717, 1.165) is 23.0 Å². The van der Waals surface area contributed by atoms with Gasteiger partial charge in [-0.25, -0.2) is 9.97 Å². The second-order valence-corrected chi connectivity index (χ2v) is 8.20. The van der Waals surface area contributed by atoms with Crippen LogP contribution in [-0.2, 0) is 11.3 Å². The fourth-order valence-corrected chi connectivity index (χ4v) is 4.35. The van der Waals surface area contributed by atoms with E-state index in [-0.39, 0.29) is 5.56 Å².